The summed E-state index contributed by atoms with van der Waals surface area (Å²) in [7, 11) is 0. The van der Waals surface area contributed by atoms with E-state index in [4.69, 9.17) is 4.74 Å². The van der Waals surface area contributed by atoms with E-state index in [2.05, 4.69) is 51.2 Å². The number of hydrogen-bond acceptors (Lipinski definition) is 3. The maximum Gasteiger partial charge on any atom is 0.415 e. The van der Waals surface area contributed by atoms with E-state index in [1.165, 1.54) is 24.1 Å². The van der Waals surface area contributed by atoms with Crippen LogP contribution in [0.5, 0.6) is 5.75 Å². The number of carbonyl (C=O) groups is 1. The molecule has 0 bridgehead atoms. The lowest BCUT2D eigenvalue weighted by atomic mass is 10.0. The summed E-state index contributed by atoms with van der Waals surface area (Å²) >= 11 is 3.51. The van der Waals surface area contributed by atoms with Crippen LogP contribution in [0.15, 0.2) is 53.0 Å². The van der Waals surface area contributed by atoms with Crippen LogP contribution in [-0.4, -0.2) is 30.6 Å². The van der Waals surface area contributed by atoms with E-state index in [9.17, 15) is 4.79 Å². The van der Waals surface area contributed by atoms with E-state index in [1.807, 2.05) is 23.1 Å². The fraction of sp³-hybridized carbons (Fsp3) is 0.409. The summed E-state index contributed by atoms with van der Waals surface area (Å²) in [5, 5.41) is 0. The minimum atomic E-state index is -0.219. The first-order valence-corrected chi connectivity index (χ1v) is 10.6. The van der Waals surface area contributed by atoms with Crippen molar-refractivity contribution in [3.8, 4) is 5.75 Å². The van der Waals surface area contributed by atoms with Gasteiger partial charge in [-0.15, -0.1) is 0 Å². The molecule has 1 amide bonds. The van der Waals surface area contributed by atoms with Gasteiger partial charge in [0.1, 0.15) is 5.75 Å². The number of benzene rings is 2. The first-order chi connectivity index (χ1) is 13.2. The Labute approximate surface area is 169 Å². The van der Waals surface area contributed by atoms with Crippen LogP contribution in [-0.2, 0) is 0 Å². The Balaban J connectivity index is 1.49. The van der Waals surface area contributed by atoms with Crippen molar-refractivity contribution in [2.75, 3.05) is 24.5 Å². The van der Waals surface area contributed by atoms with Gasteiger partial charge in [0.25, 0.3) is 0 Å². The monoisotopic (exact) mass is 428 g/mol. The van der Waals surface area contributed by atoms with Gasteiger partial charge in [-0.2, -0.15) is 0 Å². The highest BCUT2D eigenvalue weighted by Gasteiger charge is 2.27. The summed E-state index contributed by atoms with van der Waals surface area (Å²) in [6.45, 7) is 2.65. The zero-order chi connectivity index (χ0) is 18.6. The molecule has 142 valence electrons. The van der Waals surface area contributed by atoms with E-state index in [1.54, 1.807) is 0 Å². The molecular weight excluding hydrogens is 404 g/mol. The Morgan fingerprint density at radius 2 is 1.74 bits per heavy atom. The molecule has 2 aliphatic rings. The maximum absolute atomic E-state index is 12.4. The molecule has 0 aliphatic carbocycles. The number of rotatable bonds is 3. The van der Waals surface area contributed by atoms with Gasteiger partial charge in [0, 0.05) is 29.8 Å². The van der Waals surface area contributed by atoms with Crippen LogP contribution in [0.2, 0.25) is 0 Å². The van der Waals surface area contributed by atoms with Crippen molar-refractivity contribution in [1.82, 2.24) is 4.90 Å². The summed E-state index contributed by atoms with van der Waals surface area (Å²) in [4.78, 5) is 16.7. The number of amides is 1. The second-order valence-electron chi connectivity index (χ2n) is 7.32. The van der Waals surface area contributed by atoms with Crippen LogP contribution in [0.25, 0.3) is 0 Å². The average Bonchev–Trinajstić information content (AvgIpc) is 3.19. The lowest BCUT2D eigenvalue weighted by Crippen LogP contribution is -2.37. The highest BCUT2D eigenvalue weighted by atomic mass is 79.9. The van der Waals surface area contributed by atoms with Crippen molar-refractivity contribution >= 4 is 27.7 Å². The minimum absolute atomic E-state index is 0.219. The van der Waals surface area contributed by atoms with E-state index in [-0.39, 0.29) is 6.09 Å². The van der Waals surface area contributed by atoms with Crippen molar-refractivity contribution < 1.29 is 9.53 Å². The molecule has 2 aromatic carbocycles. The number of halogens is 1. The normalized spacial score (nSPS) is 20.0. The van der Waals surface area contributed by atoms with Gasteiger partial charge < -0.3 is 14.5 Å². The molecule has 0 N–H and O–H groups in total. The Morgan fingerprint density at radius 3 is 2.52 bits per heavy atom. The smallest absolute Gasteiger partial charge is 0.410 e. The topological polar surface area (TPSA) is 32.8 Å². The summed E-state index contributed by atoms with van der Waals surface area (Å²) in [6, 6.07) is 16.8. The zero-order valence-corrected chi connectivity index (χ0v) is 17.0. The van der Waals surface area contributed by atoms with E-state index in [0.29, 0.717) is 11.8 Å². The van der Waals surface area contributed by atoms with Gasteiger partial charge in [-0.1, -0.05) is 28.1 Å². The third kappa shape index (κ3) is 4.29. The van der Waals surface area contributed by atoms with Gasteiger partial charge in [-0.05, 0) is 74.1 Å². The fourth-order valence-electron chi connectivity index (χ4n) is 4.08. The quantitative estimate of drug-likeness (QED) is 0.621. The average molecular weight is 429 g/mol. The van der Waals surface area contributed by atoms with Crippen LogP contribution < -0.4 is 9.64 Å². The lowest BCUT2D eigenvalue weighted by Gasteiger charge is -2.28. The molecule has 2 saturated heterocycles. The lowest BCUT2D eigenvalue weighted by molar-refractivity contribution is 0.142. The van der Waals surface area contributed by atoms with Crippen molar-refractivity contribution in [1.29, 1.82) is 0 Å². The highest BCUT2D eigenvalue weighted by Crippen LogP contribution is 2.37. The Kier molecular flexibility index (Phi) is 5.67. The van der Waals surface area contributed by atoms with Gasteiger partial charge in [-0.25, -0.2) is 4.79 Å². The molecule has 4 nitrogen and oxygen atoms in total. The largest absolute Gasteiger partial charge is 0.415 e. The molecule has 0 spiro atoms. The van der Waals surface area contributed by atoms with E-state index in [0.717, 1.165) is 43.4 Å². The van der Waals surface area contributed by atoms with Crippen LogP contribution in [0.3, 0.4) is 0 Å². The van der Waals surface area contributed by atoms with Crippen molar-refractivity contribution in [3.05, 3.63) is 58.6 Å². The molecule has 27 heavy (non-hydrogen) atoms. The molecule has 2 aromatic rings. The second-order valence-corrected chi connectivity index (χ2v) is 8.23. The molecule has 2 fully saturated rings. The number of nitrogens with zero attached hydrogens (tertiary/aromatic N) is 2. The molecule has 0 aromatic heterocycles. The molecule has 2 heterocycles. The third-order valence-corrected chi connectivity index (χ3v) is 6.00. The number of anilines is 1. The first-order valence-electron chi connectivity index (χ1n) is 9.80. The molecule has 0 saturated carbocycles. The summed E-state index contributed by atoms with van der Waals surface area (Å²) in [6.07, 6.45) is 5.40. The minimum Gasteiger partial charge on any atom is -0.410 e. The predicted molar refractivity (Wildman–Crippen MR) is 111 cm³/mol. The van der Waals surface area contributed by atoms with Crippen molar-refractivity contribution in [3.63, 3.8) is 0 Å². The maximum atomic E-state index is 12.4. The van der Waals surface area contributed by atoms with Gasteiger partial charge >= 0.3 is 6.09 Å². The first kappa shape index (κ1) is 18.4. The second kappa shape index (κ2) is 8.34. The standard InChI is InChI=1S/C22H25BrN2O2/c23-18-9-11-19(12-10-18)25-15-5-8-21(25)17-6-4-7-20(16-17)27-22(26)24-13-2-1-3-14-24/h4,6-7,9-12,16,21H,1-3,5,8,13-15H2/t21-/m1/s1. The van der Waals surface area contributed by atoms with E-state index >= 15 is 0 Å². The molecule has 1 atom stereocenters. The SMILES string of the molecule is O=C(Oc1cccc([C@H]2CCCN2c2ccc(Br)cc2)c1)N1CCCCC1. The van der Waals surface area contributed by atoms with E-state index < -0.39 is 0 Å². The van der Waals surface area contributed by atoms with Crippen molar-refractivity contribution in [2.24, 2.45) is 0 Å². The van der Waals surface area contributed by atoms with Crippen LogP contribution in [0.1, 0.15) is 43.7 Å². The molecule has 0 radical (unpaired) electrons. The Bertz CT molecular complexity index is 787. The predicted octanol–water partition coefficient (Wildman–Crippen LogP) is 5.78. The summed E-state index contributed by atoms with van der Waals surface area (Å²) < 4.78 is 6.76. The number of piperidine rings is 1. The highest BCUT2D eigenvalue weighted by molar-refractivity contribution is 9.10. The molecule has 4 rings (SSSR count). The molecular formula is C22H25BrN2O2. The number of carbonyl (C=O) groups excluding carboxylic acids is 1. The Hall–Kier alpha value is -2.01. The number of likely N-dealkylation sites (tertiary alicyclic amines) is 1. The zero-order valence-electron chi connectivity index (χ0n) is 15.4. The molecule has 2 aliphatic heterocycles. The molecule has 0 unspecified atom stereocenters. The van der Waals surface area contributed by atoms with Gasteiger partial charge in [0.15, 0.2) is 0 Å². The van der Waals surface area contributed by atoms with Crippen molar-refractivity contribution in [2.45, 2.75) is 38.1 Å². The van der Waals surface area contributed by atoms with Gasteiger partial charge in [0.2, 0.25) is 0 Å². The van der Waals surface area contributed by atoms with Crippen LogP contribution in [0.4, 0.5) is 10.5 Å². The third-order valence-electron chi connectivity index (χ3n) is 5.47. The van der Waals surface area contributed by atoms with Gasteiger partial charge in [-0.3, -0.25) is 0 Å². The molecule has 5 heteroatoms. The van der Waals surface area contributed by atoms with Crippen LogP contribution >= 0.6 is 15.9 Å². The number of hydrogen-bond donors (Lipinski definition) is 0. The summed E-state index contributed by atoms with van der Waals surface area (Å²) in [5.41, 5.74) is 2.44. The number of ether oxygens (including phenoxy) is 1. The van der Waals surface area contributed by atoms with Crippen LogP contribution in [0, 0.1) is 0 Å². The Morgan fingerprint density at radius 1 is 0.963 bits per heavy atom. The van der Waals surface area contributed by atoms with Gasteiger partial charge in [0.05, 0.1) is 6.04 Å². The fourth-order valence-corrected chi connectivity index (χ4v) is 4.35. The summed E-state index contributed by atoms with van der Waals surface area (Å²) in [5.74, 6) is 0.644.